The van der Waals surface area contributed by atoms with Gasteiger partial charge in [-0.05, 0) is 130 Å². The van der Waals surface area contributed by atoms with E-state index in [1.54, 1.807) is 109 Å². The Labute approximate surface area is 413 Å². The van der Waals surface area contributed by atoms with Crippen molar-refractivity contribution >= 4 is 41.3 Å². The minimum atomic E-state index is -4.73. The predicted octanol–water partition coefficient (Wildman–Crippen LogP) is 9.65. The third-order valence-corrected chi connectivity index (χ3v) is 10.4. The van der Waals surface area contributed by atoms with E-state index in [4.69, 9.17) is 14.2 Å². The lowest BCUT2D eigenvalue weighted by Crippen LogP contribution is -2.40. The van der Waals surface area contributed by atoms with Crippen molar-refractivity contribution in [1.29, 1.82) is 0 Å². The molecular formula is C50H68F3N11O7. The molecule has 0 fully saturated rings. The van der Waals surface area contributed by atoms with Crippen molar-refractivity contribution in [2.24, 2.45) is 0 Å². The highest BCUT2D eigenvalue weighted by atomic mass is 19.4. The van der Waals surface area contributed by atoms with Gasteiger partial charge in [0, 0.05) is 81.5 Å². The van der Waals surface area contributed by atoms with Crippen LogP contribution < -0.4 is 16.0 Å². The Morgan fingerprint density at radius 3 is 1.90 bits per heavy atom. The lowest BCUT2D eigenvalue weighted by Gasteiger charge is -2.29. The number of aryl methyl sites for hydroxylation is 1. The highest BCUT2D eigenvalue weighted by Crippen LogP contribution is 2.37. The maximum Gasteiger partial charge on any atom is 0.435 e. The van der Waals surface area contributed by atoms with Gasteiger partial charge in [0.2, 0.25) is 0 Å². The summed E-state index contributed by atoms with van der Waals surface area (Å²) in [6, 6.07) is 8.66. The molecule has 3 N–H and O–H groups in total. The van der Waals surface area contributed by atoms with Crippen molar-refractivity contribution in [3.8, 4) is 11.3 Å². The Morgan fingerprint density at radius 1 is 0.732 bits per heavy atom. The van der Waals surface area contributed by atoms with Crippen LogP contribution in [-0.4, -0.2) is 119 Å². The molecule has 5 aromatic rings. The van der Waals surface area contributed by atoms with Crippen molar-refractivity contribution in [1.82, 2.24) is 49.6 Å². The number of carbonyl (C=O) groups is 4. The fourth-order valence-electron chi connectivity index (χ4n) is 7.30. The summed E-state index contributed by atoms with van der Waals surface area (Å²) >= 11 is 0. The molecule has 0 aliphatic carbocycles. The van der Waals surface area contributed by atoms with Gasteiger partial charge in [-0.3, -0.25) is 18.9 Å². The van der Waals surface area contributed by atoms with E-state index in [0.29, 0.717) is 81.6 Å². The number of nitrogens with zero attached hydrogens (tertiary/aromatic N) is 8. The topological polar surface area (TPSA) is 199 Å². The standard InChI is InChI=1S/C50H68F3N11O7/c1-11-35-29-36(59-41-42-58-31-39(64(42)28-23-55-41)38-33-63(60-40(38)50(51,52)53)32-34-17-14-20-54-30-34)18-19-37(35)43(65)56-21-15-26-61(45(67)70-48(5,6)7)24-12-13-25-62(46(68)71-49(8,9)10)27-16-22-57-44(66)69-47(2,3)4/h14,17-20,23,28-31,33H,11-13,15-16,21-22,24-27,32H2,1-10H3,(H,55,59)(H,56,65)(H,57,66). The molecule has 71 heavy (non-hydrogen) atoms. The van der Waals surface area contributed by atoms with Crippen LogP contribution in [0.15, 0.2) is 67.5 Å². The van der Waals surface area contributed by atoms with Gasteiger partial charge in [-0.2, -0.15) is 18.3 Å². The van der Waals surface area contributed by atoms with E-state index < -0.39 is 47.0 Å². The normalized spacial score (nSPS) is 12.1. The summed E-state index contributed by atoms with van der Waals surface area (Å²) in [5, 5.41) is 12.8. The van der Waals surface area contributed by atoms with Crippen molar-refractivity contribution < 1.29 is 46.6 Å². The molecule has 0 radical (unpaired) electrons. The molecular weight excluding hydrogens is 924 g/mol. The summed E-state index contributed by atoms with van der Waals surface area (Å²) in [7, 11) is 0. The lowest BCUT2D eigenvalue weighted by molar-refractivity contribution is -0.141. The summed E-state index contributed by atoms with van der Waals surface area (Å²) in [6.45, 7) is 20.0. The van der Waals surface area contributed by atoms with Gasteiger partial charge in [0.1, 0.15) is 16.8 Å². The first-order valence-corrected chi connectivity index (χ1v) is 23.8. The van der Waals surface area contributed by atoms with Gasteiger partial charge < -0.3 is 40.0 Å². The summed E-state index contributed by atoms with van der Waals surface area (Å²) in [5.74, 6) is -0.0164. The van der Waals surface area contributed by atoms with Crippen LogP contribution in [0.5, 0.6) is 0 Å². The van der Waals surface area contributed by atoms with Gasteiger partial charge >= 0.3 is 24.5 Å². The highest BCUT2D eigenvalue weighted by Gasteiger charge is 2.38. The molecule has 21 heteroatoms. The molecule has 1 aromatic carbocycles. The van der Waals surface area contributed by atoms with Crippen molar-refractivity contribution in [2.75, 3.05) is 44.6 Å². The molecule has 0 aliphatic rings. The van der Waals surface area contributed by atoms with Crippen molar-refractivity contribution in [3.05, 3.63) is 89.9 Å². The second-order valence-corrected chi connectivity index (χ2v) is 19.9. The van der Waals surface area contributed by atoms with Crippen LogP contribution in [0.25, 0.3) is 16.9 Å². The van der Waals surface area contributed by atoms with Crippen LogP contribution in [-0.2, 0) is 33.4 Å². The third kappa shape index (κ3) is 17.2. The van der Waals surface area contributed by atoms with E-state index >= 15 is 0 Å². The molecule has 4 heterocycles. The SMILES string of the molecule is CCc1cc(Nc2nccn3c(-c4cn(Cc5cccnc5)nc4C(F)(F)F)cnc23)ccc1C(=O)NCCCN(CCCCN(CCCNC(=O)OC(C)(C)C)C(=O)OC(C)(C)C)C(=O)OC(C)(C)C. The number of hydrogen-bond donors (Lipinski definition) is 3. The van der Waals surface area contributed by atoms with Crippen LogP contribution in [0, 0.1) is 0 Å². The first-order chi connectivity index (χ1) is 33.3. The summed E-state index contributed by atoms with van der Waals surface area (Å²) in [4.78, 5) is 68.2. The summed E-state index contributed by atoms with van der Waals surface area (Å²) in [5.41, 5.74) is -0.362. The zero-order chi connectivity index (χ0) is 52.1. The number of ether oxygens (including phenoxy) is 3. The number of imidazole rings is 1. The van der Waals surface area contributed by atoms with Crippen molar-refractivity contribution in [2.45, 2.75) is 131 Å². The largest absolute Gasteiger partial charge is 0.444 e. The number of fused-ring (bicyclic) bond motifs is 1. The number of benzene rings is 1. The van der Waals surface area contributed by atoms with Gasteiger partial charge in [0.05, 0.1) is 24.0 Å². The molecule has 0 saturated heterocycles. The predicted molar refractivity (Wildman–Crippen MR) is 262 cm³/mol. The molecule has 0 saturated carbocycles. The molecule has 0 spiro atoms. The fraction of sp³-hybridized carbons (Fsp3) is 0.520. The molecule has 0 aliphatic heterocycles. The average Bonchev–Trinajstić information content (AvgIpc) is 3.90. The number of amides is 4. The van der Waals surface area contributed by atoms with Gasteiger partial charge in [-0.15, -0.1) is 0 Å². The van der Waals surface area contributed by atoms with E-state index in [2.05, 4.69) is 36.0 Å². The Bertz CT molecular complexity index is 2580. The lowest BCUT2D eigenvalue weighted by atomic mass is 10.0. The van der Waals surface area contributed by atoms with E-state index in [-0.39, 0.29) is 41.7 Å². The Kier molecular flexibility index (Phi) is 18.4. The Balaban J connectivity index is 1.18. The number of anilines is 2. The Morgan fingerprint density at radius 2 is 1.34 bits per heavy atom. The van der Waals surface area contributed by atoms with E-state index in [1.807, 2.05) is 13.0 Å². The third-order valence-electron chi connectivity index (χ3n) is 10.4. The average molecular weight is 992 g/mol. The first kappa shape index (κ1) is 55.0. The van der Waals surface area contributed by atoms with Gasteiger partial charge in [-0.25, -0.2) is 24.4 Å². The number of nitrogens with one attached hydrogen (secondary N) is 3. The van der Waals surface area contributed by atoms with Crippen LogP contribution in [0.4, 0.5) is 39.1 Å². The van der Waals surface area contributed by atoms with Crippen molar-refractivity contribution in [3.63, 3.8) is 0 Å². The summed E-state index contributed by atoms with van der Waals surface area (Å²) < 4.78 is 62.3. The maximum absolute atomic E-state index is 14.3. The van der Waals surface area contributed by atoms with Crippen LogP contribution >= 0.6 is 0 Å². The van der Waals surface area contributed by atoms with Crippen LogP contribution in [0.2, 0.25) is 0 Å². The molecule has 5 rings (SSSR count). The number of alkyl carbamates (subject to hydrolysis) is 1. The second kappa shape index (κ2) is 23.8. The number of carbonyl (C=O) groups excluding carboxylic acids is 4. The number of rotatable bonds is 20. The molecule has 4 aromatic heterocycles. The molecule has 0 unspecified atom stereocenters. The maximum atomic E-state index is 14.3. The quantitative estimate of drug-likeness (QED) is 0.0494. The summed E-state index contributed by atoms with van der Waals surface area (Å²) in [6.07, 6.45) is 5.10. The molecule has 4 amide bonds. The van der Waals surface area contributed by atoms with E-state index in [0.717, 1.165) is 5.56 Å². The van der Waals surface area contributed by atoms with E-state index in [9.17, 15) is 32.3 Å². The monoisotopic (exact) mass is 992 g/mol. The molecule has 0 atom stereocenters. The number of pyridine rings is 1. The number of halogens is 3. The van der Waals surface area contributed by atoms with Crippen LogP contribution in [0.3, 0.4) is 0 Å². The zero-order valence-corrected chi connectivity index (χ0v) is 42.4. The minimum Gasteiger partial charge on any atom is -0.444 e. The highest BCUT2D eigenvalue weighted by molar-refractivity contribution is 5.96. The molecule has 18 nitrogen and oxygen atoms in total. The van der Waals surface area contributed by atoms with E-state index in [1.165, 1.54) is 33.9 Å². The number of aromatic nitrogens is 6. The van der Waals surface area contributed by atoms with Gasteiger partial charge in [0.25, 0.3) is 5.91 Å². The zero-order valence-electron chi connectivity index (χ0n) is 42.4. The van der Waals surface area contributed by atoms with Gasteiger partial charge in [-0.1, -0.05) is 13.0 Å². The smallest absolute Gasteiger partial charge is 0.435 e. The molecule has 0 bridgehead atoms. The Hall–Kier alpha value is -6.93. The van der Waals surface area contributed by atoms with Crippen LogP contribution in [0.1, 0.15) is 122 Å². The number of hydrogen-bond acceptors (Lipinski definition) is 12. The second-order valence-electron chi connectivity index (χ2n) is 19.9. The number of alkyl halides is 3. The molecule has 386 valence electrons. The minimum absolute atomic E-state index is 0.0888. The number of unbranched alkanes of at least 4 members (excludes halogenated alkanes) is 1. The van der Waals surface area contributed by atoms with Gasteiger partial charge in [0.15, 0.2) is 17.2 Å². The fourth-order valence-corrected chi connectivity index (χ4v) is 7.30. The first-order valence-electron chi connectivity index (χ1n) is 23.8.